The molecular weight excluding hydrogens is 350 g/mol. The Morgan fingerprint density at radius 2 is 1.78 bits per heavy atom. The van der Waals surface area contributed by atoms with E-state index in [0.717, 1.165) is 11.1 Å². The molecule has 8 nitrogen and oxygen atoms in total. The van der Waals surface area contributed by atoms with Gasteiger partial charge in [-0.2, -0.15) is 0 Å². The summed E-state index contributed by atoms with van der Waals surface area (Å²) in [4.78, 5) is 33.6. The van der Waals surface area contributed by atoms with E-state index in [0.29, 0.717) is 18.8 Å². The topological polar surface area (TPSA) is 111 Å². The molecule has 2 rings (SSSR count). The molecule has 0 bridgehead atoms. The van der Waals surface area contributed by atoms with Crippen LogP contribution in [0, 0.1) is 17.0 Å². The van der Waals surface area contributed by atoms with E-state index < -0.39 is 16.8 Å². The molecule has 8 heteroatoms. The quantitative estimate of drug-likeness (QED) is 0.303. The molecule has 0 saturated heterocycles. The molecule has 0 aliphatic carbocycles. The molecule has 0 unspecified atom stereocenters. The van der Waals surface area contributed by atoms with E-state index in [1.165, 1.54) is 12.1 Å². The highest BCUT2D eigenvalue weighted by Crippen LogP contribution is 2.14. The van der Waals surface area contributed by atoms with Crippen molar-refractivity contribution in [3.63, 3.8) is 0 Å². The molecule has 2 aromatic rings. The van der Waals surface area contributed by atoms with Crippen LogP contribution in [0.4, 0.5) is 11.4 Å². The molecule has 27 heavy (non-hydrogen) atoms. The van der Waals surface area contributed by atoms with Crippen LogP contribution in [0.1, 0.15) is 11.1 Å². The summed E-state index contributed by atoms with van der Waals surface area (Å²) >= 11 is 0. The second kappa shape index (κ2) is 9.91. The van der Waals surface area contributed by atoms with Crippen molar-refractivity contribution in [3.05, 3.63) is 69.8 Å². The van der Waals surface area contributed by atoms with Crippen molar-refractivity contribution in [2.75, 3.05) is 25.0 Å². The highest BCUT2D eigenvalue weighted by Gasteiger charge is 2.09. The SMILES string of the molecule is Cc1ccccc1CC(=O)OCC(=O)NCCNc1ccc([N+](=O)[O-])cc1. The molecule has 2 N–H and O–H groups in total. The number of amides is 1. The first-order chi connectivity index (χ1) is 13.0. The van der Waals surface area contributed by atoms with Crippen molar-refractivity contribution in [2.45, 2.75) is 13.3 Å². The van der Waals surface area contributed by atoms with Crippen molar-refractivity contribution in [1.82, 2.24) is 5.32 Å². The van der Waals surface area contributed by atoms with E-state index >= 15 is 0 Å². The smallest absolute Gasteiger partial charge is 0.310 e. The summed E-state index contributed by atoms with van der Waals surface area (Å²) in [5.41, 5.74) is 2.59. The molecular formula is C19H21N3O5. The Balaban J connectivity index is 1.62. The molecule has 0 aliphatic heterocycles. The molecule has 142 valence electrons. The summed E-state index contributed by atoms with van der Waals surface area (Å²) in [6.45, 7) is 2.33. The predicted molar refractivity (Wildman–Crippen MR) is 100 cm³/mol. The minimum Gasteiger partial charge on any atom is -0.455 e. The van der Waals surface area contributed by atoms with Crippen molar-refractivity contribution in [3.8, 4) is 0 Å². The van der Waals surface area contributed by atoms with Gasteiger partial charge in [0.2, 0.25) is 0 Å². The lowest BCUT2D eigenvalue weighted by atomic mass is 10.1. The van der Waals surface area contributed by atoms with E-state index in [-0.39, 0.29) is 18.7 Å². The third-order valence-electron chi connectivity index (χ3n) is 3.81. The number of nitro benzene ring substituents is 1. The van der Waals surface area contributed by atoms with Gasteiger partial charge in [0.1, 0.15) is 0 Å². The summed E-state index contributed by atoms with van der Waals surface area (Å²) in [7, 11) is 0. The first-order valence-electron chi connectivity index (χ1n) is 8.41. The number of ether oxygens (including phenoxy) is 1. The number of esters is 1. The molecule has 2 aromatic carbocycles. The third-order valence-corrected chi connectivity index (χ3v) is 3.81. The van der Waals surface area contributed by atoms with E-state index in [1.54, 1.807) is 12.1 Å². The van der Waals surface area contributed by atoms with Crippen molar-refractivity contribution >= 4 is 23.3 Å². The highest BCUT2D eigenvalue weighted by atomic mass is 16.6. The Morgan fingerprint density at radius 3 is 2.44 bits per heavy atom. The molecule has 0 saturated carbocycles. The summed E-state index contributed by atoms with van der Waals surface area (Å²) < 4.78 is 4.98. The van der Waals surface area contributed by atoms with E-state index in [4.69, 9.17) is 4.74 Å². The third kappa shape index (κ3) is 6.77. The van der Waals surface area contributed by atoms with E-state index in [1.807, 2.05) is 31.2 Å². The highest BCUT2D eigenvalue weighted by molar-refractivity contribution is 5.81. The van der Waals surface area contributed by atoms with Crippen LogP contribution in [0.3, 0.4) is 0 Å². The molecule has 0 aromatic heterocycles. The van der Waals surface area contributed by atoms with Crippen LogP contribution in [0.25, 0.3) is 0 Å². The first kappa shape index (κ1) is 19.9. The fraction of sp³-hybridized carbons (Fsp3) is 0.263. The average Bonchev–Trinajstić information content (AvgIpc) is 2.66. The lowest BCUT2D eigenvalue weighted by Gasteiger charge is -2.09. The predicted octanol–water partition coefficient (Wildman–Crippen LogP) is 2.22. The molecule has 0 radical (unpaired) electrons. The van der Waals surface area contributed by atoms with E-state index in [9.17, 15) is 19.7 Å². The Kier molecular flexibility index (Phi) is 7.30. The van der Waals surface area contributed by atoms with Crippen LogP contribution in [0.5, 0.6) is 0 Å². The van der Waals surface area contributed by atoms with Gasteiger partial charge in [0.25, 0.3) is 11.6 Å². The Labute approximate surface area is 156 Å². The summed E-state index contributed by atoms with van der Waals surface area (Å²) in [6, 6.07) is 13.5. The van der Waals surface area contributed by atoms with Gasteiger partial charge in [0.15, 0.2) is 6.61 Å². The monoisotopic (exact) mass is 371 g/mol. The number of nitro groups is 1. The van der Waals surface area contributed by atoms with Crippen LogP contribution in [-0.2, 0) is 20.7 Å². The average molecular weight is 371 g/mol. The number of rotatable bonds is 9. The van der Waals surface area contributed by atoms with E-state index in [2.05, 4.69) is 10.6 Å². The van der Waals surface area contributed by atoms with Gasteiger partial charge in [-0.1, -0.05) is 24.3 Å². The van der Waals surface area contributed by atoms with Crippen LogP contribution < -0.4 is 10.6 Å². The van der Waals surface area contributed by atoms with Gasteiger partial charge in [0, 0.05) is 30.9 Å². The minimum absolute atomic E-state index is 0.0152. The Hall–Kier alpha value is -3.42. The Morgan fingerprint density at radius 1 is 1.07 bits per heavy atom. The number of carbonyl (C=O) groups is 2. The zero-order chi connectivity index (χ0) is 19.6. The molecule has 1 amide bonds. The van der Waals surface area contributed by atoms with Crippen molar-refractivity contribution in [2.24, 2.45) is 0 Å². The van der Waals surface area contributed by atoms with Crippen molar-refractivity contribution in [1.29, 1.82) is 0 Å². The zero-order valence-electron chi connectivity index (χ0n) is 14.9. The van der Waals surface area contributed by atoms with Gasteiger partial charge in [-0.05, 0) is 30.2 Å². The maximum atomic E-state index is 11.8. The van der Waals surface area contributed by atoms with Gasteiger partial charge in [-0.3, -0.25) is 19.7 Å². The lowest BCUT2D eigenvalue weighted by molar-refractivity contribution is -0.384. The van der Waals surface area contributed by atoms with Crippen LogP contribution in [0.2, 0.25) is 0 Å². The second-order valence-electron chi connectivity index (χ2n) is 5.84. The van der Waals surface area contributed by atoms with Gasteiger partial charge >= 0.3 is 5.97 Å². The maximum Gasteiger partial charge on any atom is 0.310 e. The van der Waals surface area contributed by atoms with Crippen LogP contribution >= 0.6 is 0 Å². The lowest BCUT2D eigenvalue weighted by Crippen LogP contribution is -2.32. The maximum absolute atomic E-state index is 11.8. The summed E-state index contributed by atoms with van der Waals surface area (Å²) in [6.07, 6.45) is 0.127. The molecule has 0 heterocycles. The standard InChI is InChI=1S/C19H21N3O5/c1-14-4-2-3-5-15(14)12-19(24)27-13-18(23)21-11-10-20-16-6-8-17(9-7-16)22(25)26/h2-9,20H,10-13H2,1H3,(H,21,23). The number of hydrogen-bond donors (Lipinski definition) is 2. The number of nitrogens with zero attached hydrogens (tertiary/aromatic N) is 1. The molecule has 0 spiro atoms. The van der Waals surface area contributed by atoms with Crippen LogP contribution in [0.15, 0.2) is 48.5 Å². The van der Waals surface area contributed by atoms with Gasteiger partial charge in [0.05, 0.1) is 11.3 Å². The fourth-order valence-electron chi connectivity index (χ4n) is 2.32. The Bertz CT molecular complexity index is 805. The van der Waals surface area contributed by atoms with Crippen LogP contribution in [-0.4, -0.2) is 36.5 Å². The zero-order valence-corrected chi connectivity index (χ0v) is 14.9. The number of aryl methyl sites for hydroxylation is 1. The number of anilines is 1. The van der Waals surface area contributed by atoms with Gasteiger partial charge in [-0.25, -0.2) is 0 Å². The number of nitrogens with one attached hydrogen (secondary N) is 2. The number of carbonyl (C=O) groups excluding carboxylic acids is 2. The minimum atomic E-state index is -0.468. The van der Waals surface area contributed by atoms with Crippen molar-refractivity contribution < 1.29 is 19.2 Å². The molecule has 0 atom stereocenters. The normalized spacial score (nSPS) is 10.1. The first-order valence-corrected chi connectivity index (χ1v) is 8.41. The largest absolute Gasteiger partial charge is 0.455 e. The number of hydrogen-bond acceptors (Lipinski definition) is 6. The molecule has 0 fully saturated rings. The number of benzene rings is 2. The second-order valence-corrected chi connectivity index (χ2v) is 5.84. The summed E-state index contributed by atoms with van der Waals surface area (Å²) in [5.74, 6) is -0.845. The molecule has 0 aliphatic rings. The number of non-ortho nitro benzene ring substituents is 1. The fourth-order valence-corrected chi connectivity index (χ4v) is 2.32. The van der Waals surface area contributed by atoms with Gasteiger partial charge in [-0.15, -0.1) is 0 Å². The van der Waals surface area contributed by atoms with Gasteiger partial charge < -0.3 is 15.4 Å². The summed E-state index contributed by atoms with van der Waals surface area (Å²) in [5, 5.41) is 16.2.